The van der Waals surface area contributed by atoms with Crippen molar-refractivity contribution in [2.24, 2.45) is 4.76 Å². The molecule has 23 heavy (non-hydrogen) atoms. The number of ether oxygens (including phenoxy) is 1. The Kier molecular flexibility index (Phi) is 5.09. The molecule has 1 fully saturated rings. The molecule has 1 aliphatic rings. The summed E-state index contributed by atoms with van der Waals surface area (Å²) in [6, 6.07) is 19.2. The molecule has 3 nitrogen and oxygen atoms in total. The van der Waals surface area contributed by atoms with Gasteiger partial charge in [-0.25, -0.2) is 4.76 Å². The van der Waals surface area contributed by atoms with Crippen LogP contribution >= 0.6 is 7.29 Å². The highest BCUT2D eigenvalue weighted by Crippen LogP contribution is 2.46. The third-order valence-corrected chi connectivity index (χ3v) is 6.82. The third kappa shape index (κ3) is 3.46. The van der Waals surface area contributed by atoms with Crippen molar-refractivity contribution in [3.63, 3.8) is 0 Å². The molecule has 0 bridgehead atoms. The molecule has 1 unspecified atom stereocenters. The molecule has 0 saturated heterocycles. The van der Waals surface area contributed by atoms with Crippen molar-refractivity contribution < 1.29 is 9.30 Å². The van der Waals surface area contributed by atoms with Crippen LogP contribution in [0.1, 0.15) is 25.7 Å². The van der Waals surface area contributed by atoms with Crippen LogP contribution in [0.2, 0.25) is 0 Å². The Balaban J connectivity index is 2.11. The minimum Gasteiger partial charge on any atom is -0.376 e. The van der Waals surface area contributed by atoms with E-state index in [1.807, 2.05) is 60.7 Å². The number of methoxy groups -OCH3 is 1. The van der Waals surface area contributed by atoms with Gasteiger partial charge in [0, 0.05) is 23.4 Å². The van der Waals surface area contributed by atoms with Crippen molar-refractivity contribution in [3.05, 3.63) is 60.7 Å². The summed E-state index contributed by atoms with van der Waals surface area (Å²) in [7, 11) is -1.33. The Hall–Kier alpha value is -1.70. The first-order chi connectivity index (χ1) is 11.2. The van der Waals surface area contributed by atoms with Crippen LogP contribution in [0.25, 0.3) is 0 Å². The molecule has 3 rings (SSSR count). The predicted octanol–water partition coefficient (Wildman–Crippen LogP) is 3.95. The van der Waals surface area contributed by atoms with Gasteiger partial charge in [0.2, 0.25) is 7.29 Å². The van der Waals surface area contributed by atoms with Gasteiger partial charge in [-0.3, -0.25) is 4.57 Å². The van der Waals surface area contributed by atoms with Gasteiger partial charge in [-0.05, 0) is 43.5 Å². The van der Waals surface area contributed by atoms with E-state index >= 15 is 0 Å². The van der Waals surface area contributed by atoms with E-state index in [2.05, 4.69) is 0 Å². The lowest BCUT2D eigenvalue weighted by Gasteiger charge is -2.25. The lowest BCUT2D eigenvalue weighted by atomic mass is 9.96. The SMILES string of the molecule is COC1CCCC/C1=N\P(=O)(c1ccccc1)c1ccccc1. The second-order valence-electron chi connectivity index (χ2n) is 5.81. The molecular weight excluding hydrogens is 305 g/mol. The molecular formula is C19H22NO2P. The summed E-state index contributed by atoms with van der Waals surface area (Å²) >= 11 is 0. The maximum Gasteiger partial charge on any atom is 0.247 e. The number of hydrogen-bond donors (Lipinski definition) is 0. The number of benzene rings is 2. The largest absolute Gasteiger partial charge is 0.376 e. The molecule has 0 radical (unpaired) electrons. The third-order valence-electron chi connectivity index (χ3n) is 4.29. The zero-order valence-electron chi connectivity index (χ0n) is 13.4. The smallest absolute Gasteiger partial charge is 0.247 e. The van der Waals surface area contributed by atoms with E-state index in [0.717, 1.165) is 42.0 Å². The van der Waals surface area contributed by atoms with Crippen LogP contribution in [0, 0.1) is 0 Å². The summed E-state index contributed by atoms with van der Waals surface area (Å²) in [4.78, 5) is 0. The Morgan fingerprint density at radius 1 is 0.957 bits per heavy atom. The quantitative estimate of drug-likeness (QED) is 0.798. The van der Waals surface area contributed by atoms with Gasteiger partial charge in [-0.1, -0.05) is 42.8 Å². The van der Waals surface area contributed by atoms with Crippen LogP contribution in [0.5, 0.6) is 0 Å². The first kappa shape index (κ1) is 16.2. The van der Waals surface area contributed by atoms with Gasteiger partial charge in [-0.2, -0.15) is 0 Å². The van der Waals surface area contributed by atoms with Crippen molar-refractivity contribution in [2.75, 3.05) is 7.11 Å². The standard InChI is InChI=1S/C19H22NO2P/c1-22-19-15-9-8-14-18(19)20-23(21,16-10-4-2-5-11-16)17-12-6-3-7-13-17/h2-7,10-13,19H,8-9,14-15H2,1H3/b20-18+. The fourth-order valence-corrected chi connectivity index (χ4v) is 5.31. The van der Waals surface area contributed by atoms with E-state index < -0.39 is 7.29 Å². The molecule has 0 spiro atoms. The summed E-state index contributed by atoms with van der Waals surface area (Å²) in [6.45, 7) is 0. The zero-order valence-corrected chi connectivity index (χ0v) is 14.3. The van der Waals surface area contributed by atoms with Crippen molar-refractivity contribution >= 4 is 23.6 Å². The zero-order chi connectivity index (χ0) is 16.1. The van der Waals surface area contributed by atoms with E-state index in [4.69, 9.17) is 9.50 Å². The Morgan fingerprint density at radius 3 is 2.04 bits per heavy atom. The fraction of sp³-hybridized carbons (Fsp3) is 0.316. The number of nitrogens with zero attached hydrogens (tertiary/aromatic N) is 1. The number of hydrogen-bond acceptors (Lipinski definition) is 2. The van der Waals surface area contributed by atoms with Crippen molar-refractivity contribution in [1.29, 1.82) is 0 Å². The molecule has 4 heteroatoms. The lowest BCUT2D eigenvalue weighted by molar-refractivity contribution is 0.138. The minimum absolute atomic E-state index is 0.00972. The van der Waals surface area contributed by atoms with Crippen LogP contribution in [0.4, 0.5) is 0 Å². The van der Waals surface area contributed by atoms with Crippen LogP contribution in [0.3, 0.4) is 0 Å². The predicted molar refractivity (Wildman–Crippen MR) is 96.5 cm³/mol. The van der Waals surface area contributed by atoms with Crippen LogP contribution in [-0.4, -0.2) is 18.9 Å². The first-order valence-corrected chi connectivity index (χ1v) is 9.73. The minimum atomic E-state index is -3.04. The molecule has 0 amide bonds. The Morgan fingerprint density at radius 2 is 1.52 bits per heavy atom. The van der Waals surface area contributed by atoms with Crippen molar-refractivity contribution in [3.8, 4) is 0 Å². The first-order valence-electron chi connectivity index (χ1n) is 8.07. The summed E-state index contributed by atoms with van der Waals surface area (Å²) < 4.78 is 24.3. The fourth-order valence-electron chi connectivity index (χ4n) is 3.04. The molecule has 0 aromatic heterocycles. The van der Waals surface area contributed by atoms with E-state index in [1.54, 1.807) is 7.11 Å². The monoisotopic (exact) mass is 327 g/mol. The van der Waals surface area contributed by atoms with Gasteiger partial charge in [0.1, 0.15) is 0 Å². The van der Waals surface area contributed by atoms with Crippen LogP contribution in [0.15, 0.2) is 65.4 Å². The second kappa shape index (κ2) is 7.25. The van der Waals surface area contributed by atoms with Crippen LogP contribution in [-0.2, 0) is 9.30 Å². The average Bonchev–Trinajstić information content (AvgIpc) is 2.63. The summed E-state index contributed by atoms with van der Waals surface area (Å²) in [5.74, 6) is 0. The summed E-state index contributed by atoms with van der Waals surface area (Å²) in [5.41, 5.74) is 0.940. The number of rotatable bonds is 4. The highest BCUT2D eigenvalue weighted by molar-refractivity contribution is 7.77. The summed E-state index contributed by atoms with van der Waals surface area (Å²) in [5, 5.41) is 1.55. The lowest BCUT2D eigenvalue weighted by Crippen LogP contribution is -2.28. The molecule has 0 N–H and O–H groups in total. The molecule has 2 aromatic rings. The van der Waals surface area contributed by atoms with E-state index in [1.165, 1.54) is 0 Å². The molecule has 0 aliphatic heterocycles. The molecule has 1 aliphatic carbocycles. The molecule has 2 aromatic carbocycles. The second-order valence-corrected chi connectivity index (χ2v) is 8.19. The van der Waals surface area contributed by atoms with E-state index in [-0.39, 0.29) is 6.10 Å². The van der Waals surface area contributed by atoms with Gasteiger partial charge in [0.15, 0.2) is 0 Å². The highest BCUT2D eigenvalue weighted by Gasteiger charge is 2.30. The Labute approximate surface area is 137 Å². The summed E-state index contributed by atoms with van der Waals surface area (Å²) in [6.07, 6.45) is 4.03. The molecule has 120 valence electrons. The topological polar surface area (TPSA) is 38.7 Å². The van der Waals surface area contributed by atoms with Gasteiger partial charge in [-0.15, -0.1) is 0 Å². The van der Waals surface area contributed by atoms with Crippen molar-refractivity contribution in [1.82, 2.24) is 0 Å². The molecule has 1 atom stereocenters. The van der Waals surface area contributed by atoms with Gasteiger partial charge in [0.25, 0.3) is 0 Å². The van der Waals surface area contributed by atoms with E-state index in [9.17, 15) is 4.57 Å². The van der Waals surface area contributed by atoms with Crippen LogP contribution < -0.4 is 10.6 Å². The van der Waals surface area contributed by atoms with Gasteiger partial charge >= 0.3 is 0 Å². The maximum absolute atomic E-state index is 13.9. The van der Waals surface area contributed by atoms with Crippen molar-refractivity contribution in [2.45, 2.75) is 31.8 Å². The average molecular weight is 327 g/mol. The maximum atomic E-state index is 13.9. The highest BCUT2D eigenvalue weighted by atomic mass is 31.2. The normalized spacial score (nSPS) is 20.6. The Bertz CT molecular complexity index is 669. The molecule has 0 heterocycles. The van der Waals surface area contributed by atoms with Gasteiger partial charge in [0.05, 0.1) is 6.10 Å². The van der Waals surface area contributed by atoms with Gasteiger partial charge < -0.3 is 4.74 Å². The van der Waals surface area contributed by atoms with E-state index in [0.29, 0.717) is 0 Å². The molecule has 1 saturated carbocycles.